The highest BCUT2D eigenvalue weighted by Gasteiger charge is 2.70. The average Bonchev–Trinajstić information content (AvgIpc) is 3.28. The Balaban J connectivity index is 1.84. The normalized spacial score (nSPS) is 30.7. The second-order valence-electron chi connectivity index (χ2n) is 9.40. The molecule has 1 aliphatic carbocycles. The molecule has 1 aromatic carbocycles. The zero-order valence-electron chi connectivity index (χ0n) is 19.1. The lowest BCUT2D eigenvalue weighted by Gasteiger charge is -2.36. The fourth-order valence-corrected chi connectivity index (χ4v) is 5.98. The summed E-state index contributed by atoms with van der Waals surface area (Å²) in [5, 5.41) is 13.6. The summed E-state index contributed by atoms with van der Waals surface area (Å²) in [7, 11) is 3.07. The van der Waals surface area contributed by atoms with Gasteiger partial charge in [-0.3, -0.25) is 24.6 Å². The maximum atomic E-state index is 13.7. The molecule has 0 spiro atoms. The first-order valence-electron chi connectivity index (χ1n) is 11.4. The van der Waals surface area contributed by atoms with E-state index in [0.717, 1.165) is 32.1 Å². The third-order valence-electron chi connectivity index (χ3n) is 7.61. The van der Waals surface area contributed by atoms with Gasteiger partial charge in [0.05, 0.1) is 26.1 Å². The first-order valence-corrected chi connectivity index (χ1v) is 11.4. The quantitative estimate of drug-likeness (QED) is 0.650. The fourth-order valence-electron chi connectivity index (χ4n) is 5.98. The Kier molecular flexibility index (Phi) is 5.92. The highest BCUT2D eigenvalue weighted by atomic mass is 16.5. The van der Waals surface area contributed by atoms with Crippen LogP contribution in [0.25, 0.3) is 0 Å². The van der Waals surface area contributed by atoms with E-state index in [2.05, 4.69) is 5.32 Å². The molecule has 1 saturated carbocycles. The Morgan fingerprint density at radius 2 is 1.81 bits per heavy atom. The molecule has 8 nitrogen and oxygen atoms in total. The number of hydrogen-bond donors (Lipinski definition) is 2. The minimum atomic E-state index is -1.55. The Bertz CT molecular complexity index is 925. The van der Waals surface area contributed by atoms with Gasteiger partial charge in [-0.1, -0.05) is 39.2 Å². The van der Waals surface area contributed by atoms with E-state index in [4.69, 9.17) is 9.47 Å². The first-order chi connectivity index (χ1) is 15.3. The van der Waals surface area contributed by atoms with Crippen LogP contribution in [0.5, 0.6) is 11.5 Å². The van der Waals surface area contributed by atoms with Crippen molar-refractivity contribution in [2.75, 3.05) is 14.2 Å². The number of amides is 2. The molecule has 3 fully saturated rings. The molecule has 4 unspecified atom stereocenters. The number of rotatable bonds is 6. The van der Waals surface area contributed by atoms with Crippen LogP contribution in [-0.4, -0.2) is 53.6 Å². The van der Waals surface area contributed by atoms with Gasteiger partial charge in [0.2, 0.25) is 11.8 Å². The van der Waals surface area contributed by atoms with Gasteiger partial charge in [-0.2, -0.15) is 0 Å². The second kappa shape index (κ2) is 8.39. The van der Waals surface area contributed by atoms with Crippen molar-refractivity contribution in [3.8, 4) is 11.5 Å². The number of carboxylic acid groups (broad SMARTS) is 1. The van der Waals surface area contributed by atoms with Gasteiger partial charge in [0.15, 0.2) is 0 Å². The number of nitrogens with one attached hydrogen (secondary N) is 1. The number of benzene rings is 1. The van der Waals surface area contributed by atoms with Crippen molar-refractivity contribution in [2.45, 2.75) is 63.6 Å². The van der Waals surface area contributed by atoms with E-state index < -0.39 is 35.3 Å². The lowest BCUT2D eigenvalue weighted by Crippen LogP contribution is -2.59. The maximum absolute atomic E-state index is 13.7. The monoisotopic (exact) mass is 444 g/mol. The Hall–Kier alpha value is -2.61. The third kappa shape index (κ3) is 3.18. The van der Waals surface area contributed by atoms with Crippen LogP contribution < -0.4 is 14.8 Å². The minimum absolute atomic E-state index is 0.147. The second-order valence-corrected chi connectivity index (χ2v) is 9.40. The smallest absolute Gasteiger partial charge is 0.325 e. The number of nitrogens with zero attached hydrogens (tertiary/aromatic N) is 1. The van der Waals surface area contributed by atoms with E-state index in [1.807, 2.05) is 0 Å². The molecule has 174 valence electrons. The molecular formula is C24H32N2O6. The molecule has 32 heavy (non-hydrogen) atoms. The van der Waals surface area contributed by atoms with E-state index >= 15 is 0 Å². The first kappa shape index (κ1) is 22.6. The van der Waals surface area contributed by atoms with Gasteiger partial charge in [-0.05, 0) is 24.8 Å². The van der Waals surface area contributed by atoms with Crippen molar-refractivity contribution in [1.82, 2.24) is 10.2 Å². The summed E-state index contributed by atoms with van der Waals surface area (Å²) < 4.78 is 10.9. The highest BCUT2D eigenvalue weighted by Crippen LogP contribution is 2.53. The maximum Gasteiger partial charge on any atom is 0.325 e. The highest BCUT2D eigenvalue weighted by molar-refractivity contribution is 6.09. The van der Waals surface area contributed by atoms with Gasteiger partial charge in [0.25, 0.3) is 0 Å². The Morgan fingerprint density at radius 3 is 2.38 bits per heavy atom. The molecule has 2 saturated heterocycles. The zero-order valence-corrected chi connectivity index (χ0v) is 19.1. The number of carboxylic acids is 1. The molecule has 0 bridgehead atoms. The number of likely N-dealkylation sites (tertiary alicyclic amines) is 1. The minimum Gasteiger partial charge on any atom is -0.497 e. The van der Waals surface area contributed by atoms with Crippen molar-refractivity contribution >= 4 is 17.8 Å². The lowest BCUT2D eigenvalue weighted by molar-refractivity contribution is -0.154. The molecule has 2 heterocycles. The van der Waals surface area contributed by atoms with E-state index in [0.29, 0.717) is 17.1 Å². The molecule has 0 aromatic heterocycles. The Morgan fingerprint density at radius 1 is 1.12 bits per heavy atom. The van der Waals surface area contributed by atoms with E-state index in [1.54, 1.807) is 39.2 Å². The average molecular weight is 445 g/mol. The van der Waals surface area contributed by atoms with Crippen LogP contribution in [0.1, 0.15) is 57.6 Å². The molecule has 4 rings (SSSR count). The summed E-state index contributed by atoms with van der Waals surface area (Å²) in [4.78, 5) is 41.5. The number of imide groups is 1. The van der Waals surface area contributed by atoms with Crippen molar-refractivity contribution in [3.05, 3.63) is 23.8 Å². The molecule has 8 heteroatoms. The number of carbonyl (C=O) groups excluding carboxylic acids is 2. The number of ether oxygens (including phenoxy) is 2. The van der Waals surface area contributed by atoms with Crippen LogP contribution in [-0.2, 0) is 14.4 Å². The molecule has 3 aliphatic rings. The van der Waals surface area contributed by atoms with Crippen molar-refractivity contribution < 1.29 is 29.0 Å². The molecule has 2 aliphatic heterocycles. The summed E-state index contributed by atoms with van der Waals surface area (Å²) in [5.41, 5.74) is -0.894. The van der Waals surface area contributed by atoms with Crippen LogP contribution in [0.3, 0.4) is 0 Å². The molecule has 2 N–H and O–H groups in total. The predicted octanol–water partition coefficient (Wildman–Crippen LogP) is 2.76. The van der Waals surface area contributed by atoms with Gasteiger partial charge in [0.1, 0.15) is 17.0 Å². The standard InChI is InChI=1S/C24H32N2O6/c1-13(2)24(23(29)30)19-18(21(27)26(22(19)28)14-8-6-5-7-9-14)20(25-24)16-11-10-15(31-3)12-17(16)32-4/h10-14,18-20,25H,5-9H2,1-4H3,(H,29,30). The third-order valence-corrected chi connectivity index (χ3v) is 7.61. The molecule has 1 aromatic rings. The van der Waals surface area contributed by atoms with Gasteiger partial charge in [-0.25, -0.2) is 0 Å². The summed E-state index contributed by atoms with van der Waals surface area (Å²) in [6.45, 7) is 3.57. The van der Waals surface area contributed by atoms with E-state index in [-0.39, 0.29) is 17.9 Å². The summed E-state index contributed by atoms with van der Waals surface area (Å²) in [6.07, 6.45) is 4.60. The van der Waals surface area contributed by atoms with Crippen molar-refractivity contribution in [3.63, 3.8) is 0 Å². The summed E-state index contributed by atoms with van der Waals surface area (Å²) in [6, 6.07) is 4.44. The molecule has 2 amide bonds. The predicted molar refractivity (Wildman–Crippen MR) is 116 cm³/mol. The van der Waals surface area contributed by atoms with Gasteiger partial charge in [0, 0.05) is 23.7 Å². The number of methoxy groups -OCH3 is 2. The molecule has 0 radical (unpaired) electrons. The van der Waals surface area contributed by atoms with Gasteiger partial charge < -0.3 is 14.6 Å². The fraction of sp³-hybridized carbons (Fsp3) is 0.625. The van der Waals surface area contributed by atoms with Crippen molar-refractivity contribution in [2.24, 2.45) is 17.8 Å². The van der Waals surface area contributed by atoms with Crippen LogP contribution in [0.4, 0.5) is 0 Å². The van der Waals surface area contributed by atoms with Gasteiger partial charge in [-0.15, -0.1) is 0 Å². The summed E-state index contributed by atoms with van der Waals surface area (Å²) in [5.74, 6) is -2.84. The number of carbonyl (C=O) groups is 3. The van der Waals surface area contributed by atoms with Crippen LogP contribution >= 0.6 is 0 Å². The number of fused-ring (bicyclic) bond motifs is 1. The van der Waals surface area contributed by atoms with Crippen LogP contribution in [0, 0.1) is 17.8 Å². The van der Waals surface area contributed by atoms with Crippen LogP contribution in [0.2, 0.25) is 0 Å². The largest absolute Gasteiger partial charge is 0.497 e. The topological polar surface area (TPSA) is 105 Å². The van der Waals surface area contributed by atoms with Crippen molar-refractivity contribution in [1.29, 1.82) is 0 Å². The number of aliphatic carboxylic acids is 1. The molecular weight excluding hydrogens is 412 g/mol. The zero-order chi connectivity index (χ0) is 23.2. The van der Waals surface area contributed by atoms with Gasteiger partial charge >= 0.3 is 5.97 Å². The summed E-state index contributed by atoms with van der Waals surface area (Å²) >= 11 is 0. The number of hydrogen-bond acceptors (Lipinski definition) is 6. The Labute approximate surface area is 188 Å². The van der Waals surface area contributed by atoms with E-state index in [1.165, 1.54) is 12.0 Å². The van der Waals surface area contributed by atoms with E-state index in [9.17, 15) is 19.5 Å². The SMILES string of the molecule is COc1ccc(C2NC(C(=O)O)(C(C)C)C3C(=O)N(C4CCCCC4)C(=O)C23)c(OC)c1. The molecule has 4 atom stereocenters. The van der Waals surface area contributed by atoms with Crippen LogP contribution in [0.15, 0.2) is 18.2 Å². The lowest BCUT2D eigenvalue weighted by atomic mass is 9.73.